The van der Waals surface area contributed by atoms with E-state index in [9.17, 15) is 0 Å². The van der Waals surface area contributed by atoms with Crippen molar-refractivity contribution in [1.82, 2.24) is 14.7 Å². The first-order chi connectivity index (χ1) is 8.65. The van der Waals surface area contributed by atoms with Gasteiger partial charge < -0.3 is 10.6 Å². The minimum absolute atomic E-state index is 0.491. The topological polar surface area (TPSA) is 59.4 Å². The Morgan fingerprint density at radius 2 is 2.11 bits per heavy atom. The van der Waals surface area contributed by atoms with Gasteiger partial charge in [-0.15, -0.1) is 0 Å². The lowest BCUT2D eigenvalue weighted by Crippen LogP contribution is -2.33. The average Bonchev–Trinajstić information content (AvgIpc) is 2.76. The molecule has 94 valence electrons. The molecular weight excluding hydrogens is 226 g/mol. The highest BCUT2D eigenvalue weighted by atomic mass is 15.3. The van der Waals surface area contributed by atoms with Crippen molar-refractivity contribution < 1.29 is 0 Å². The molecular formula is C13H17N5. The van der Waals surface area contributed by atoms with E-state index in [0.717, 1.165) is 11.3 Å². The zero-order valence-corrected chi connectivity index (χ0v) is 10.6. The number of nitrogens with zero attached hydrogens (tertiary/aromatic N) is 4. The first kappa shape index (κ1) is 12.2. The van der Waals surface area contributed by atoms with E-state index in [1.54, 1.807) is 4.68 Å². The van der Waals surface area contributed by atoms with Gasteiger partial charge in [-0.3, -0.25) is 4.68 Å². The Morgan fingerprint density at radius 3 is 2.72 bits per heavy atom. The minimum atomic E-state index is 0.491. The van der Waals surface area contributed by atoms with Crippen molar-refractivity contribution in [2.75, 3.05) is 7.05 Å². The molecule has 5 nitrogen and oxygen atoms in total. The van der Waals surface area contributed by atoms with E-state index in [-0.39, 0.29) is 0 Å². The maximum atomic E-state index is 5.95. The number of aryl methyl sites for hydroxylation is 1. The fourth-order valence-electron chi connectivity index (χ4n) is 1.63. The van der Waals surface area contributed by atoms with E-state index in [4.69, 9.17) is 5.73 Å². The summed E-state index contributed by atoms with van der Waals surface area (Å²) in [7, 11) is 3.81. The maximum absolute atomic E-state index is 5.95. The molecule has 0 unspecified atom stereocenters. The number of para-hydroxylation sites is 1. The predicted octanol–water partition coefficient (Wildman–Crippen LogP) is 1.50. The first-order valence-corrected chi connectivity index (χ1v) is 5.73. The zero-order valence-electron chi connectivity index (χ0n) is 10.6. The van der Waals surface area contributed by atoms with Crippen LogP contribution < -0.4 is 5.73 Å². The van der Waals surface area contributed by atoms with Gasteiger partial charge in [-0.2, -0.15) is 5.10 Å². The van der Waals surface area contributed by atoms with E-state index in [1.807, 2.05) is 61.7 Å². The van der Waals surface area contributed by atoms with Crippen LogP contribution in [0.4, 0.5) is 5.69 Å². The number of aliphatic imine (C=N–C) groups is 1. The SMILES string of the molecule is CN(Cc1cnn(C)c1)C(N)=Nc1ccccc1. The maximum Gasteiger partial charge on any atom is 0.196 e. The summed E-state index contributed by atoms with van der Waals surface area (Å²) in [5.41, 5.74) is 7.91. The van der Waals surface area contributed by atoms with Crippen LogP contribution in [0.1, 0.15) is 5.56 Å². The third-order valence-corrected chi connectivity index (χ3v) is 2.57. The Labute approximate surface area is 107 Å². The van der Waals surface area contributed by atoms with Gasteiger partial charge in [0.1, 0.15) is 0 Å². The Morgan fingerprint density at radius 1 is 1.39 bits per heavy atom. The number of guanidine groups is 1. The van der Waals surface area contributed by atoms with E-state index in [2.05, 4.69) is 10.1 Å². The molecule has 0 aliphatic heterocycles. The van der Waals surface area contributed by atoms with Gasteiger partial charge in [-0.05, 0) is 12.1 Å². The lowest BCUT2D eigenvalue weighted by atomic mass is 10.3. The number of rotatable bonds is 3. The molecule has 0 saturated heterocycles. The molecule has 0 spiro atoms. The molecule has 1 heterocycles. The van der Waals surface area contributed by atoms with E-state index < -0.39 is 0 Å². The van der Waals surface area contributed by atoms with E-state index in [0.29, 0.717) is 12.5 Å². The summed E-state index contributed by atoms with van der Waals surface area (Å²) in [6.07, 6.45) is 3.79. The highest BCUT2D eigenvalue weighted by molar-refractivity contribution is 5.80. The Balaban J connectivity index is 2.05. The van der Waals surface area contributed by atoms with Gasteiger partial charge >= 0.3 is 0 Å². The Kier molecular flexibility index (Phi) is 3.62. The first-order valence-electron chi connectivity index (χ1n) is 5.73. The van der Waals surface area contributed by atoms with Crippen LogP contribution in [0.25, 0.3) is 0 Å². The second-order valence-corrected chi connectivity index (χ2v) is 4.18. The lowest BCUT2D eigenvalue weighted by Gasteiger charge is -2.16. The van der Waals surface area contributed by atoms with E-state index in [1.165, 1.54) is 0 Å². The average molecular weight is 243 g/mol. The monoisotopic (exact) mass is 243 g/mol. The summed E-state index contributed by atoms with van der Waals surface area (Å²) in [4.78, 5) is 6.25. The highest BCUT2D eigenvalue weighted by Gasteiger charge is 2.04. The largest absolute Gasteiger partial charge is 0.369 e. The molecule has 0 fully saturated rings. The van der Waals surface area contributed by atoms with Crippen molar-refractivity contribution in [2.24, 2.45) is 17.8 Å². The third-order valence-electron chi connectivity index (χ3n) is 2.57. The number of aromatic nitrogens is 2. The van der Waals surface area contributed by atoms with Crippen LogP contribution in [0.3, 0.4) is 0 Å². The minimum Gasteiger partial charge on any atom is -0.369 e. The number of hydrogen-bond acceptors (Lipinski definition) is 2. The summed E-state index contributed by atoms with van der Waals surface area (Å²) in [5.74, 6) is 0.491. The van der Waals surface area contributed by atoms with Gasteiger partial charge in [0, 0.05) is 32.4 Å². The Hall–Kier alpha value is -2.30. The molecule has 0 atom stereocenters. The van der Waals surface area contributed by atoms with Gasteiger partial charge in [0.2, 0.25) is 0 Å². The number of hydrogen-bond donors (Lipinski definition) is 1. The Bertz CT molecular complexity index is 529. The molecule has 18 heavy (non-hydrogen) atoms. The number of nitrogens with two attached hydrogens (primary N) is 1. The normalized spacial score (nSPS) is 11.6. The van der Waals surface area contributed by atoms with Gasteiger partial charge in [-0.1, -0.05) is 18.2 Å². The molecule has 0 radical (unpaired) electrons. The number of benzene rings is 1. The summed E-state index contributed by atoms with van der Waals surface area (Å²) in [5, 5.41) is 4.12. The van der Waals surface area contributed by atoms with Crippen LogP contribution in [0.2, 0.25) is 0 Å². The second kappa shape index (κ2) is 5.35. The fraction of sp³-hybridized carbons (Fsp3) is 0.231. The van der Waals surface area contributed by atoms with Gasteiger partial charge in [0.15, 0.2) is 5.96 Å². The van der Waals surface area contributed by atoms with Crippen molar-refractivity contribution >= 4 is 11.6 Å². The molecule has 1 aromatic heterocycles. The molecule has 2 N–H and O–H groups in total. The van der Waals surface area contributed by atoms with Crippen molar-refractivity contribution in [1.29, 1.82) is 0 Å². The van der Waals surface area contributed by atoms with Crippen LogP contribution in [0.5, 0.6) is 0 Å². The highest BCUT2D eigenvalue weighted by Crippen LogP contribution is 2.10. The quantitative estimate of drug-likeness (QED) is 0.656. The van der Waals surface area contributed by atoms with Crippen LogP contribution in [0, 0.1) is 0 Å². The van der Waals surface area contributed by atoms with Crippen LogP contribution in [0.15, 0.2) is 47.7 Å². The predicted molar refractivity (Wildman–Crippen MR) is 72.4 cm³/mol. The standard InChI is InChI=1S/C13H17N5/c1-17(9-11-8-15-18(2)10-11)13(14)16-12-6-4-3-5-7-12/h3-8,10H,9H2,1-2H3,(H2,14,16). The molecule has 0 aliphatic rings. The molecule has 0 saturated carbocycles. The second-order valence-electron chi connectivity index (χ2n) is 4.18. The summed E-state index contributed by atoms with van der Waals surface area (Å²) in [6.45, 7) is 0.690. The smallest absolute Gasteiger partial charge is 0.196 e. The molecule has 0 amide bonds. The van der Waals surface area contributed by atoms with Crippen molar-refractivity contribution in [3.8, 4) is 0 Å². The molecule has 5 heteroatoms. The van der Waals surface area contributed by atoms with Gasteiger partial charge in [0.05, 0.1) is 11.9 Å². The van der Waals surface area contributed by atoms with Gasteiger partial charge in [0.25, 0.3) is 0 Å². The van der Waals surface area contributed by atoms with Crippen molar-refractivity contribution in [3.05, 3.63) is 48.3 Å². The lowest BCUT2D eigenvalue weighted by molar-refractivity contribution is 0.494. The van der Waals surface area contributed by atoms with Gasteiger partial charge in [-0.25, -0.2) is 4.99 Å². The molecule has 0 bridgehead atoms. The van der Waals surface area contributed by atoms with Crippen LogP contribution >= 0.6 is 0 Å². The summed E-state index contributed by atoms with van der Waals surface area (Å²) >= 11 is 0. The molecule has 1 aromatic carbocycles. The molecule has 2 rings (SSSR count). The van der Waals surface area contributed by atoms with E-state index >= 15 is 0 Å². The van der Waals surface area contributed by atoms with Crippen LogP contribution in [-0.2, 0) is 13.6 Å². The van der Waals surface area contributed by atoms with Crippen molar-refractivity contribution in [3.63, 3.8) is 0 Å². The summed E-state index contributed by atoms with van der Waals surface area (Å²) < 4.78 is 1.77. The van der Waals surface area contributed by atoms with Crippen molar-refractivity contribution in [2.45, 2.75) is 6.54 Å². The van der Waals surface area contributed by atoms with Crippen LogP contribution in [-0.4, -0.2) is 27.7 Å². The summed E-state index contributed by atoms with van der Waals surface area (Å²) in [6, 6.07) is 9.67. The fourth-order valence-corrected chi connectivity index (χ4v) is 1.63. The molecule has 0 aliphatic carbocycles. The molecule has 2 aromatic rings. The zero-order chi connectivity index (χ0) is 13.0. The third kappa shape index (κ3) is 3.10.